The number of benzene rings is 1. The van der Waals surface area contributed by atoms with E-state index < -0.39 is 29.7 Å². The van der Waals surface area contributed by atoms with Gasteiger partial charge in [-0.1, -0.05) is 17.7 Å². The minimum absolute atomic E-state index is 0.104. The monoisotopic (exact) mass is 454 g/mol. The number of carbonyl (C=O) groups is 2. The van der Waals surface area contributed by atoms with Crippen molar-refractivity contribution in [1.82, 2.24) is 14.9 Å². The fraction of sp³-hybridized carbons (Fsp3) is 0.217. The average Bonchev–Trinajstić information content (AvgIpc) is 3.20. The smallest absolute Gasteiger partial charge is 0.260 e. The van der Waals surface area contributed by atoms with Crippen molar-refractivity contribution in [3.63, 3.8) is 0 Å². The molecular formula is C23H20ClFN4O3. The highest BCUT2D eigenvalue weighted by molar-refractivity contribution is 6.30. The first-order chi connectivity index (χ1) is 15.4. The fourth-order valence-electron chi connectivity index (χ4n) is 4.20. The molecule has 2 N–H and O–H groups in total. The second kappa shape index (κ2) is 8.92. The second-order valence-electron chi connectivity index (χ2n) is 7.37. The number of nitrogens with zero attached hydrogens (tertiary/aromatic N) is 3. The van der Waals surface area contributed by atoms with E-state index in [1.54, 1.807) is 36.5 Å². The molecular weight excluding hydrogens is 435 g/mol. The van der Waals surface area contributed by atoms with E-state index in [0.29, 0.717) is 29.5 Å². The normalized spacial score (nSPS) is 15.7. The molecule has 0 unspecified atom stereocenters. The van der Waals surface area contributed by atoms with Crippen LogP contribution in [-0.4, -0.2) is 33.8 Å². The van der Waals surface area contributed by atoms with Crippen molar-refractivity contribution in [2.75, 3.05) is 7.11 Å². The van der Waals surface area contributed by atoms with Gasteiger partial charge in [0.25, 0.3) is 5.91 Å². The largest absolute Gasteiger partial charge is 0.480 e. The Balaban J connectivity index is 1.91. The summed E-state index contributed by atoms with van der Waals surface area (Å²) in [5.74, 6) is -1.61. The lowest BCUT2D eigenvalue weighted by molar-refractivity contribution is -0.123. The Kier molecular flexibility index (Phi) is 6.05. The van der Waals surface area contributed by atoms with Crippen molar-refractivity contribution in [2.24, 2.45) is 5.73 Å². The van der Waals surface area contributed by atoms with Gasteiger partial charge < -0.3 is 15.4 Å². The van der Waals surface area contributed by atoms with Crippen LogP contribution in [0, 0.1) is 5.82 Å². The lowest BCUT2D eigenvalue weighted by Gasteiger charge is -2.35. The lowest BCUT2D eigenvalue weighted by Crippen LogP contribution is -2.43. The number of aromatic nitrogens is 2. The summed E-state index contributed by atoms with van der Waals surface area (Å²) in [6.45, 7) is 0. The number of pyridine rings is 2. The number of fused-ring (bicyclic) bond motifs is 1. The molecule has 0 spiro atoms. The lowest BCUT2D eigenvalue weighted by atomic mass is 9.99. The standard InChI is InChI=1S/C23H20ClFN4O3/c1-32-22-16(5-3-9-28-22)23(31)29(20(21(26)30)13-4-2-8-27-12-13)19-7-6-15-17(19)10-14(24)11-18(15)25/h2-5,8-12,19-20H,6-7H2,1H3,(H2,26,30)/t19-,20-/m1/s1. The minimum Gasteiger partial charge on any atom is -0.480 e. The van der Waals surface area contributed by atoms with Crippen molar-refractivity contribution in [3.8, 4) is 5.88 Å². The Morgan fingerprint density at radius 2 is 2.06 bits per heavy atom. The van der Waals surface area contributed by atoms with Gasteiger partial charge in [-0.15, -0.1) is 0 Å². The highest BCUT2D eigenvalue weighted by Crippen LogP contribution is 2.43. The zero-order valence-electron chi connectivity index (χ0n) is 17.2. The molecule has 32 heavy (non-hydrogen) atoms. The summed E-state index contributed by atoms with van der Waals surface area (Å²) < 4.78 is 19.9. The van der Waals surface area contributed by atoms with Crippen molar-refractivity contribution in [2.45, 2.75) is 24.9 Å². The zero-order valence-corrected chi connectivity index (χ0v) is 17.9. The van der Waals surface area contributed by atoms with Crippen molar-refractivity contribution >= 4 is 23.4 Å². The first-order valence-corrected chi connectivity index (χ1v) is 10.3. The third-order valence-electron chi connectivity index (χ3n) is 5.53. The molecule has 0 fully saturated rings. The fourth-order valence-corrected chi connectivity index (χ4v) is 4.42. The Hall–Kier alpha value is -3.52. The molecule has 2 heterocycles. The summed E-state index contributed by atoms with van der Waals surface area (Å²) in [6, 6.07) is 7.53. The maximum absolute atomic E-state index is 14.6. The van der Waals surface area contributed by atoms with Crippen LogP contribution in [0.3, 0.4) is 0 Å². The topological polar surface area (TPSA) is 98.4 Å². The van der Waals surface area contributed by atoms with Gasteiger partial charge in [0, 0.05) is 29.2 Å². The summed E-state index contributed by atoms with van der Waals surface area (Å²) in [5, 5.41) is 0.205. The molecule has 0 saturated carbocycles. The van der Waals surface area contributed by atoms with Gasteiger partial charge in [-0.05, 0) is 54.3 Å². The quantitative estimate of drug-likeness (QED) is 0.613. The van der Waals surface area contributed by atoms with Crippen LogP contribution in [0.4, 0.5) is 4.39 Å². The van der Waals surface area contributed by atoms with Crippen molar-refractivity contribution < 1.29 is 18.7 Å². The van der Waals surface area contributed by atoms with Crippen LogP contribution in [0.1, 0.15) is 45.6 Å². The number of primary amides is 1. The summed E-state index contributed by atoms with van der Waals surface area (Å²) in [6.07, 6.45) is 5.30. The summed E-state index contributed by atoms with van der Waals surface area (Å²) >= 11 is 6.13. The number of carbonyl (C=O) groups excluding carboxylic acids is 2. The summed E-state index contributed by atoms with van der Waals surface area (Å²) in [5.41, 5.74) is 7.39. The Morgan fingerprint density at radius 3 is 2.75 bits per heavy atom. The van der Waals surface area contributed by atoms with Gasteiger partial charge in [-0.3, -0.25) is 14.6 Å². The van der Waals surface area contributed by atoms with Crippen LogP contribution < -0.4 is 10.5 Å². The van der Waals surface area contributed by atoms with Gasteiger partial charge in [0.2, 0.25) is 11.8 Å². The number of hydrogen-bond donors (Lipinski definition) is 1. The predicted molar refractivity (Wildman–Crippen MR) is 116 cm³/mol. The van der Waals surface area contributed by atoms with Crippen LogP contribution >= 0.6 is 11.6 Å². The molecule has 0 bridgehead atoms. The summed E-state index contributed by atoms with van der Waals surface area (Å²) in [4.78, 5) is 36.1. The number of amides is 2. The van der Waals surface area contributed by atoms with E-state index in [-0.39, 0.29) is 16.5 Å². The van der Waals surface area contributed by atoms with Crippen molar-refractivity contribution in [1.29, 1.82) is 0 Å². The van der Waals surface area contributed by atoms with Crippen LogP contribution in [0.5, 0.6) is 5.88 Å². The number of methoxy groups -OCH3 is 1. The molecule has 1 aromatic carbocycles. The maximum atomic E-state index is 14.6. The molecule has 164 valence electrons. The van der Waals surface area contributed by atoms with Gasteiger partial charge in [0.15, 0.2) is 0 Å². The number of hydrogen-bond acceptors (Lipinski definition) is 5. The molecule has 2 atom stereocenters. The van der Waals surface area contributed by atoms with Crippen LogP contribution in [0.2, 0.25) is 5.02 Å². The molecule has 1 aliphatic rings. The van der Waals surface area contributed by atoms with E-state index in [2.05, 4.69) is 9.97 Å². The second-order valence-corrected chi connectivity index (χ2v) is 7.81. The van der Waals surface area contributed by atoms with Gasteiger partial charge in [-0.25, -0.2) is 9.37 Å². The number of ether oxygens (including phenoxy) is 1. The first-order valence-electron chi connectivity index (χ1n) is 9.91. The molecule has 4 rings (SSSR count). The third kappa shape index (κ3) is 3.89. The zero-order chi connectivity index (χ0) is 22.8. The van der Waals surface area contributed by atoms with E-state index in [1.165, 1.54) is 30.5 Å². The molecule has 0 aliphatic heterocycles. The molecule has 0 saturated heterocycles. The molecule has 9 heteroatoms. The van der Waals surface area contributed by atoms with Gasteiger partial charge >= 0.3 is 0 Å². The van der Waals surface area contributed by atoms with E-state index in [4.69, 9.17) is 22.1 Å². The Bertz CT molecular complexity index is 1180. The molecule has 3 aromatic rings. The third-order valence-corrected chi connectivity index (χ3v) is 5.75. The van der Waals surface area contributed by atoms with E-state index in [1.807, 2.05) is 0 Å². The van der Waals surface area contributed by atoms with Crippen LogP contribution in [-0.2, 0) is 11.2 Å². The number of rotatable bonds is 6. The predicted octanol–water partition coefficient (Wildman–Crippen LogP) is 3.63. The van der Waals surface area contributed by atoms with E-state index in [0.717, 1.165) is 0 Å². The minimum atomic E-state index is -1.15. The van der Waals surface area contributed by atoms with Crippen LogP contribution in [0.15, 0.2) is 55.0 Å². The average molecular weight is 455 g/mol. The van der Waals surface area contributed by atoms with Gasteiger partial charge in [0.05, 0.1) is 13.2 Å². The first kappa shape index (κ1) is 21.7. The maximum Gasteiger partial charge on any atom is 0.260 e. The molecule has 0 radical (unpaired) electrons. The Morgan fingerprint density at radius 1 is 1.28 bits per heavy atom. The number of nitrogens with two attached hydrogens (primary N) is 1. The molecule has 7 nitrogen and oxygen atoms in total. The van der Waals surface area contributed by atoms with Gasteiger partial charge in [-0.2, -0.15) is 0 Å². The van der Waals surface area contributed by atoms with Gasteiger partial charge in [0.1, 0.15) is 17.4 Å². The highest BCUT2D eigenvalue weighted by atomic mass is 35.5. The van der Waals surface area contributed by atoms with E-state index in [9.17, 15) is 14.0 Å². The molecule has 1 aliphatic carbocycles. The van der Waals surface area contributed by atoms with Crippen LogP contribution in [0.25, 0.3) is 0 Å². The molecule has 2 aromatic heterocycles. The SMILES string of the molecule is COc1ncccc1C(=O)N([C@@H]1CCc2c(F)cc(Cl)cc21)[C@@H](C(N)=O)c1cccnc1. The Labute approximate surface area is 189 Å². The van der Waals surface area contributed by atoms with Crippen molar-refractivity contribution in [3.05, 3.63) is 88.1 Å². The summed E-state index contributed by atoms with van der Waals surface area (Å²) in [7, 11) is 1.40. The molecule has 2 amide bonds. The van der Waals surface area contributed by atoms with E-state index >= 15 is 0 Å². The number of halogens is 2. The highest BCUT2D eigenvalue weighted by Gasteiger charge is 2.41.